The second-order valence-electron chi connectivity index (χ2n) is 6.38. The van der Waals surface area contributed by atoms with Gasteiger partial charge in [-0.2, -0.15) is 5.10 Å². The molecule has 0 bridgehead atoms. The van der Waals surface area contributed by atoms with Crippen LogP contribution in [0.4, 0.5) is 5.82 Å². The first-order valence-corrected chi connectivity index (χ1v) is 8.32. The van der Waals surface area contributed by atoms with Crippen molar-refractivity contribution < 1.29 is 4.79 Å². The SMILES string of the molecule is Cc1ccc(N2CCCN(C(=O)C3(C)CC3(Cl)Cl)CC2)nn1. The topological polar surface area (TPSA) is 49.3 Å². The van der Waals surface area contributed by atoms with Crippen molar-refractivity contribution in [3.8, 4) is 0 Å². The standard InChI is InChI=1S/C15H20Cl2N4O/c1-11-4-5-12(19-18-11)20-6-3-7-21(9-8-20)13(22)14(2)10-15(14,16)17/h4-5H,3,6-10H2,1-2H3. The zero-order valence-corrected chi connectivity index (χ0v) is 14.4. The quantitative estimate of drug-likeness (QED) is 0.774. The number of hydrogen-bond acceptors (Lipinski definition) is 4. The van der Waals surface area contributed by atoms with Gasteiger partial charge in [0.1, 0.15) is 4.33 Å². The van der Waals surface area contributed by atoms with Crippen LogP contribution in [0.15, 0.2) is 12.1 Å². The Morgan fingerprint density at radius 2 is 1.91 bits per heavy atom. The normalized spacial score (nSPS) is 27.5. The van der Waals surface area contributed by atoms with Crippen LogP contribution < -0.4 is 4.90 Å². The summed E-state index contributed by atoms with van der Waals surface area (Å²) in [4.78, 5) is 16.7. The summed E-state index contributed by atoms with van der Waals surface area (Å²) < 4.78 is -0.904. The highest BCUT2D eigenvalue weighted by Gasteiger charge is 2.68. The third-order valence-corrected chi connectivity index (χ3v) is 5.72. The van der Waals surface area contributed by atoms with E-state index in [-0.39, 0.29) is 5.91 Å². The van der Waals surface area contributed by atoms with Gasteiger partial charge in [0.05, 0.1) is 11.1 Å². The predicted octanol–water partition coefficient (Wildman–Crippen LogP) is 2.41. The van der Waals surface area contributed by atoms with E-state index in [4.69, 9.17) is 23.2 Å². The van der Waals surface area contributed by atoms with Crippen LogP contribution in [-0.2, 0) is 4.79 Å². The smallest absolute Gasteiger partial charge is 0.231 e. The van der Waals surface area contributed by atoms with Gasteiger partial charge in [0, 0.05) is 26.2 Å². The Bertz CT molecular complexity index is 577. The number of aryl methyl sites for hydroxylation is 1. The van der Waals surface area contributed by atoms with Gasteiger partial charge in [-0.25, -0.2) is 0 Å². The van der Waals surface area contributed by atoms with E-state index in [1.165, 1.54) is 0 Å². The fourth-order valence-electron chi connectivity index (χ4n) is 2.89. The molecule has 5 nitrogen and oxygen atoms in total. The molecule has 0 radical (unpaired) electrons. The van der Waals surface area contributed by atoms with E-state index in [2.05, 4.69) is 15.1 Å². The Kier molecular flexibility index (Phi) is 3.98. The highest BCUT2D eigenvalue weighted by Crippen LogP contribution is 2.64. The third-order valence-electron chi connectivity index (χ3n) is 4.62. The van der Waals surface area contributed by atoms with Crippen LogP contribution in [0.2, 0.25) is 0 Å². The summed E-state index contributed by atoms with van der Waals surface area (Å²) in [5, 5.41) is 8.33. The maximum absolute atomic E-state index is 12.6. The van der Waals surface area contributed by atoms with E-state index in [9.17, 15) is 4.79 Å². The third kappa shape index (κ3) is 2.76. The number of nitrogens with zero attached hydrogens (tertiary/aromatic N) is 4. The van der Waals surface area contributed by atoms with Crippen LogP contribution in [0, 0.1) is 12.3 Å². The predicted molar refractivity (Wildman–Crippen MR) is 87.3 cm³/mol. The molecule has 1 saturated carbocycles. The Morgan fingerprint density at radius 3 is 2.50 bits per heavy atom. The van der Waals surface area contributed by atoms with Gasteiger partial charge in [-0.3, -0.25) is 4.79 Å². The number of aromatic nitrogens is 2. The van der Waals surface area contributed by atoms with E-state index in [0.29, 0.717) is 13.0 Å². The number of hydrogen-bond donors (Lipinski definition) is 0. The molecule has 1 aromatic heterocycles. The summed E-state index contributed by atoms with van der Waals surface area (Å²) in [7, 11) is 0. The molecule has 1 aromatic rings. The average Bonchev–Trinajstić information content (AvgIpc) is 3.09. The molecule has 22 heavy (non-hydrogen) atoms. The Morgan fingerprint density at radius 1 is 1.18 bits per heavy atom. The molecule has 2 fully saturated rings. The van der Waals surface area contributed by atoms with Gasteiger partial charge in [-0.15, -0.1) is 28.3 Å². The van der Waals surface area contributed by atoms with Gasteiger partial charge in [-0.1, -0.05) is 0 Å². The molecule has 3 rings (SSSR count). The van der Waals surface area contributed by atoms with Crippen molar-refractivity contribution in [1.82, 2.24) is 15.1 Å². The van der Waals surface area contributed by atoms with Crippen molar-refractivity contribution in [1.29, 1.82) is 0 Å². The number of amides is 1. The second-order valence-corrected chi connectivity index (χ2v) is 7.86. The Hall–Kier alpha value is -1.07. The summed E-state index contributed by atoms with van der Waals surface area (Å²) >= 11 is 12.3. The number of halogens is 2. The van der Waals surface area contributed by atoms with E-state index < -0.39 is 9.75 Å². The highest BCUT2D eigenvalue weighted by atomic mass is 35.5. The minimum Gasteiger partial charge on any atom is -0.353 e. The summed E-state index contributed by atoms with van der Waals surface area (Å²) in [5.41, 5.74) is 0.271. The van der Waals surface area contributed by atoms with Crippen molar-refractivity contribution >= 4 is 34.9 Å². The minimum absolute atomic E-state index is 0.0642. The molecule has 0 aromatic carbocycles. The van der Waals surface area contributed by atoms with E-state index in [1.807, 2.05) is 30.9 Å². The summed E-state index contributed by atoms with van der Waals surface area (Å²) in [5.74, 6) is 0.927. The zero-order chi connectivity index (χ0) is 16.0. The first-order chi connectivity index (χ1) is 10.3. The maximum atomic E-state index is 12.6. The van der Waals surface area contributed by atoms with Crippen LogP contribution in [-0.4, -0.2) is 51.5 Å². The fraction of sp³-hybridized carbons (Fsp3) is 0.667. The fourth-order valence-corrected chi connectivity index (χ4v) is 3.59. The van der Waals surface area contributed by atoms with Crippen LogP contribution in [0.1, 0.15) is 25.5 Å². The van der Waals surface area contributed by atoms with Gasteiger partial charge in [-0.05, 0) is 38.8 Å². The Labute approximate surface area is 140 Å². The van der Waals surface area contributed by atoms with Crippen LogP contribution in [0.3, 0.4) is 0 Å². The number of carbonyl (C=O) groups is 1. The molecule has 2 aliphatic rings. The molecule has 1 saturated heterocycles. The lowest BCUT2D eigenvalue weighted by atomic mass is 10.1. The van der Waals surface area contributed by atoms with Crippen molar-refractivity contribution in [2.75, 3.05) is 31.1 Å². The number of carbonyl (C=O) groups excluding carboxylic acids is 1. The van der Waals surface area contributed by atoms with Crippen LogP contribution in [0.25, 0.3) is 0 Å². The molecule has 1 amide bonds. The van der Waals surface area contributed by atoms with Gasteiger partial charge in [0.2, 0.25) is 5.91 Å². The lowest BCUT2D eigenvalue weighted by Crippen LogP contribution is -2.40. The molecule has 2 heterocycles. The largest absolute Gasteiger partial charge is 0.353 e. The first kappa shape index (κ1) is 15.8. The van der Waals surface area contributed by atoms with Crippen LogP contribution in [0.5, 0.6) is 0 Å². The molecular weight excluding hydrogens is 323 g/mol. The molecule has 120 valence electrons. The molecule has 1 unspecified atom stereocenters. The highest BCUT2D eigenvalue weighted by molar-refractivity contribution is 6.53. The first-order valence-electron chi connectivity index (χ1n) is 7.56. The number of anilines is 1. The average molecular weight is 343 g/mol. The van der Waals surface area contributed by atoms with Gasteiger partial charge < -0.3 is 9.80 Å². The summed E-state index contributed by atoms with van der Waals surface area (Å²) in [6, 6.07) is 3.93. The number of alkyl halides is 2. The van der Waals surface area contributed by atoms with E-state index in [1.54, 1.807) is 0 Å². The van der Waals surface area contributed by atoms with Crippen LogP contribution >= 0.6 is 23.2 Å². The Balaban J connectivity index is 1.65. The van der Waals surface area contributed by atoms with Crippen molar-refractivity contribution in [2.24, 2.45) is 5.41 Å². The number of rotatable bonds is 2. The summed E-state index contributed by atoms with van der Waals surface area (Å²) in [6.45, 7) is 6.77. The lowest BCUT2D eigenvalue weighted by Gasteiger charge is -2.25. The van der Waals surface area contributed by atoms with Gasteiger partial charge in [0.25, 0.3) is 0 Å². The van der Waals surface area contributed by atoms with Gasteiger partial charge >= 0.3 is 0 Å². The summed E-state index contributed by atoms with van der Waals surface area (Å²) in [6.07, 6.45) is 1.43. The zero-order valence-electron chi connectivity index (χ0n) is 12.9. The molecule has 7 heteroatoms. The lowest BCUT2D eigenvalue weighted by molar-refractivity contribution is -0.136. The maximum Gasteiger partial charge on any atom is 0.231 e. The second kappa shape index (κ2) is 5.53. The minimum atomic E-state index is -0.904. The van der Waals surface area contributed by atoms with Crippen molar-refractivity contribution in [2.45, 2.75) is 31.0 Å². The molecule has 1 aliphatic carbocycles. The monoisotopic (exact) mass is 342 g/mol. The van der Waals surface area contributed by atoms with E-state index in [0.717, 1.165) is 37.6 Å². The van der Waals surface area contributed by atoms with Crippen molar-refractivity contribution in [3.05, 3.63) is 17.8 Å². The molecule has 1 atom stereocenters. The molecule has 0 spiro atoms. The van der Waals surface area contributed by atoms with Gasteiger partial charge in [0.15, 0.2) is 5.82 Å². The van der Waals surface area contributed by atoms with Crippen molar-refractivity contribution in [3.63, 3.8) is 0 Å². The molecule has 1 aliphatic heterocycles. The van der Waals surface area contributed by atoms with E-state index >= 15 is 0 Å². The molecule has 0 N–H and O–H groups in total. The molecular formula is C15H20Cl2N4O.